The molecule has 2 aromatic carbocycles. The standard InChI is InChI=1S/C25H34O3/c1-5-19-9-13-21(14-10-19)17-23(7-3)27-25(26)28-24(8-4)18-22-15-11-20(6-2)12-16-22/h9-16,23-24H,5-8,17-18H2,1-4H3. The first-order valence-electron chi connectivity index (χ1n) is 10.6. The Labute approximate surface area is 170 Å². The van der Waals surface area contributed by atoms with E-state index in [1.165, 1.54) is 22.3 Å². The van der Waals surface area contributed by atoms with Crippen LogP contribution in [0.2, 0.25) is 0 Å². The minimum atomic E-state index is -0.561. The van der Waals surface area contributed by atoms with Gasteiger partial charge >= 0.3 is 6.16 Å². The first-order valence-corrected chi connectivity index (χ1v) is 10.6. The largest absolute Gasteiger partial charge is 0.508 e. The van der Waals surface area contributed by atoms with Crippen molar-refractivity contribution in [3.05, 3.63) is 70.8 Å². The molecule has 0 bridgehead atoms. The van der Waals surface area contributed by atoms with Gasteiger partial charge in [-0.05, 0) is 47.9 Å². The predicted molar refractivity (Wildman–Crippen MR) is 115 cm³/mol. The Balaban J connectivity index is 1.87. The number of carbonyl (C=O) groups is 1. The van der Waals surface area contributed by atoms with E-state index in [0.29, 0.717) is 12.8 Å². The summed E-state index contributed by atoms with van der Waals surface area (Å²) < 4.78 is 11.2. The maximum atomic E-state index is 12.3. The minimum Gasteiger partial charge on any atom is -0.431 e. The van der Waals surface area contributed by atoms with Crippen LogP contribution in [0.25, 0.3) is 0 Å². The zero-order valence-electron chi connectivity index (χ0n) is 17.7. The summed E-state index contributed by atoms with van der Waals surface area (Å²) in [6.07, 6.45) is 4.12. The van der Waals surface area contributed by atoms with Gasteiger partial charge in [-0.15, -0.1) is 0 Å². The summed E-state index contributed by atoms with van der Waals surface area (Å²) >= 11 is 0. The molecule has 0 fully saturated rings. The van der Waals surface area contributed by atoms with Crippen LogP contribution in [-0.4, -0.2) is 18.4 Å². The third-order valence-electron chi connectivity index (χ3n) is 5.23. The van der Waals surface area contributed by atoms with Gasteiger partial charge in [0.1, 0.15) is 12.2 Å². The minimum absolute atomic E-state index is 0.165. The fraction of sp³-hybridized carbons (Fsp3) is 0.480. The maximum absolute atomic E-state index is 12.3. The van der Waals surface area contributed by atoms with Crippen molar-refractivity contribution in [3.8, 4) is 0 Å². The highest BCUT2D eigenvalue weighted by atomic mass is 16.7. The molecule has 0 amide bonds. The summed E-state index contributed by atoms with van der Waals surface area (Å²) in [4.78, 5) is 12.3. The SMILES string of the molecule is CCc1ccc(CC(CC)OC(=O)OC(CC)Cc2ccc(CC)cc2)cc1. The van der Waals surface area contributed by atoms with Gasteiger partial charge in [0.15, 0.2) is 0 Å². The number of carbonyl (C=O) groups excluding carboxylic acids is 1. The quantitative estimate of drug-likeness (QED) is 0.452. The smallest absolute Gasteiger partial charge is 0.431 e. The van der Waals surface area contributed by atoms with Gasteiger partial charge in [-0.25, -0.2) is 4.79 Å². The topological polar surface area (TPSA) is 35.5 Å². The summed E-state index contributed by atoms with van der Waals surface area (Å²) in [5.74, 6) is 0. The summed E-state index contributed by atoms with van der Waals surface area (Å²) in [6.45, 7) is 8.35. The number of rotatable bonds is 10. The summed E-state index contributed by atoms with van der Waals surface area (Å²) in [5.41, 5.74) is 4.99. The maximum Gasteiger partial charge on any atom is 0.508 e. The zero-order valence-corrected chi connectivity index (χ0v) is 17.7. The Morgan fingerprint density at radius 2 is 0.964 bits per heavy atom. The third kappa shape index (κ3) is 7.03. The summed E-state index contributed by atoms with van der Waals surface area (Å²) in [5, 5.41) is 0. The van der Waals surface area contributed by atoms with Crippen LogP contribution in [0.3, 0.4) is 0 Å². The Hall–Kier alpha value is -2.29. The Kier molecular flexibility index (Phi) is 9.06. The first kappa shape index (κ1) is 22.0. The number of hydrogen-bond acceptors (Lipinski definition) is 3. The van der Waals surface area contributed by atoms with Crippen molar-refractivity contribution in [2.45, 2.75) is 78.4 Å². The molecule has 3 nitrogen and oxygen atoms in total. The van der Waals surface area contributed by atoms with Gasteiger partial charge in [0.25, 0.3) is 0 Å². The van der Waals surface area contributed by atoms with Crippen molar-refractivity contribution in [3.63, 3.8) is 0 Å². The van der Waals surface area contributed by atoms with Gasteiger partial charge in [-0.2, -0.15) is 0 Å². The van der Waals surface area contributed by atoms with Crippen LogP contribution in [0.15, 0.2) is 48.5 Å². The molecule has 2 aromatic rings. The van der Waals surface area contributed by atoms with E-state index in [-0.39, 0.29) is 12.2 Å². The van der Waals surface area contributed by atoms with Crippen molar-refractivity contribution in [2.24, 2.45) is 0 Å². The molecule has 3 heteroatoms. The summed E-state index contributed by atoms with van der Waals surface area (Å²) in [6, 6.07) is 17.0. The molecule has 2 atom stereocenters. The molecule has 0 radical (unpaired) electrons. The number of hydrogen-bond donors (Lipinski definition) is 0. The lowest BCUT2D eigenvalue weighted by molar-refractivity contribution is -0.00317. The monoisotopic (exact) mass is 382 g/mol. The van der Waals surface area contributed by atoms with Crippen LogP contribution in [0.1, 0.15) is 62.8 Å². The van der Waals surface area contributed by atoms with Crippen LogP contribution in [0.5, 0.6) is 0 Å². The second-order valence-electron chi connectivity index (χ2n) is 7.29. The molecular weight excluding hydrogens is 348 g/mol. The lowest BCUT2D eigenvalue weighted by Gasteiger charge is -2.20. The number of aryl methyl sites for hydroxylation is 2. The highest BCUT2D eigenvalue weighted by Crippen LogP contribution is 2.15. The van der Waals surface area contributed by atoms with Crippen LogP contribution < -0.4 is 0 Å². The van der Waals surface area contributed by atoms with Crippen molar-refractivity contribution < 1.29 is 14.3 Å². The van der Waals surface area contributed by atoms with E-state index in [0.717, 1.165) is 25.7 Å². The lowest BCUT2D eigenvalue weighted by atomic mass is 10.0. The molecule has 0 spiro atoms. The molecule has 0 aliphatic rings. The van der Waals surface area contributed by atoms with E-state index >= 15 is 0 Å². The van der Waals surface area contributed by atoms with Crippen molar-refractivity contribution in [1.82, 2.24) is 0 Å². The second-order valence-corrected chi connectivity index (χ2v) is 7.29. The van der Waals surface area contributed by atoms with E-state index in [1.807, 2.05) is 13.8 Å². The van der Waals surface area contributed by atoms with E-state index in [2.05, 4.69) is 62.4 Å². The summed E-state index contributed by atoms with van der Waals surface area (Å²) in [7, 11) is 0. The zero-order chi connectivity index (χ0) is 20.4. The molecule has 0 aliphatic heterocycles. The average molecular weight is 383 g/mol. The van der Waals surface area contributed by atoms with E-state index in [4.69, 9.17) is 9.47 Å². The highest BCUT2D eigenvalue weighted by Gasteiger charge is 2.19. The number of benzene rings is 2. The predicted octanol–water partition coefficient (Wildman–Crippen LogP) is 6.31. The second kappa shape index (κ2) is 11.5. The van der Waals surface area contributed by atoms with Gasteiger partial charge in [0.2, 0.25) is 0 Å². The Morgan fingerprint density at radius 3 is 1.25 bits per heavy atom. The normalized spacial score (nSPS) is 13.0. The average Bonchev–Trinajstić information content (AvgIpc) is 2.73. The van der Waals surface area contributed by atoms with Crippen LogP contribution in [0, 0.1) is 0 Å². The molecule has 0 saturated carbocycles. The van der Waals surface area contributed by atoms with Crippen LogP contribution in [-0.2, 0) is 35.2 Å². The van der Waals surface area contributed by atoms with E-state index < -0.39 is 6.16 Å². The van der Waals surface area contributed by atoms with Gasteiger partial charge in [-0.1, -0.05) is 76.2 Å². The molecule has 0 N–H and O–H groups in total. The molecule has 152 valence electrons. The molecule has 0 saturated heterocycles. The molecule has 28 heavy (non-hydrogen) atoms. The van der Waals surface area contributed by atoms with Gasteiger partial charge in [-0.3, -0.25) is 0 Å². The van der Waals surface area contributed by atoms with Gasteiger partial charge in [0, 0.05) is 12.8 Å². The molecular formula is C25H34O3. The molecule has 2 unspecified atom stereocenters. The van der Waals surface area contributed by atoms with E-state index in [1.54, 1.807) is 0 Å². The third-order valence-corrected chi connectivity index (χ3v) is 5.23. The Morgan fingerprint density at radius 1 is 0.643 bits per heavy atom. The first-order chi connectivity index (χ1) is 13.6. The highest BCUT2D eigenvalue weighted by molar-refractivity contribution is 5.60. The molecule has 0 aliphatic carbocycles. The van der Waals surface area contributed by atoms with E-state index in [9.17, 15) is 4.79 Å². The van der Waals surface area contributed by atoms with Crippen LogP contribution >= 0.6 is 0 Å². The van der Waals surface area contributed by atoms with Crippen molar-refractivity contribution >= 4 is 6.16 Å². The fourth-order valence-electron chi connectivity index (χ4n) is 3.19. The van der Waals surface area contributed by atoms with Crippen molar-refractivity contribution in [1.29, 1.82) is 0 Å². The molecule has 0 heterocycles. The van der Waals surface area contributed by atoms with Crippen LogP contribution in [0.4, 0.5) is 4.79 Å². The van der Waals surface area contributed by atoms with Gasteiger partial charge in [0.05, 0.1) is 0 Å². The molecule has 0 aromatic heterocycles. The van der Waals surface area contributed by atoms with Gasteiger partial charge < -0.3 is 9.47 Å². The lowest BCUT2D eigenvalue weighted by Crippen LogP contribution is -2.25. The van der Waals surface area contributed by atoms with Crippen molar-refractivity contribution in [2.75, 3.05) is 0 Å². The molecule has 2 rings (SSSR count). The Bertz CT molecular complexity index is 642. The fourth-order valence-corrected chi connectivity index (χ4v) is 3.19. The number of ether oxygens (including phenoxy) is 2.